The number of hydrogen-bond acceptors (Lipinski definition) is 4. The van der Waals surface area contributed by atoms with Crippen LogP contribution >= 0.6 is 0 Å². The molecule has 5 rings (SSSR count). The second-order valence-electron chi connectivity index (χ2n) is 10.6. The van der Waals surface area contributed by atoms with Crippen molar-refractivity contribution >= 4 is 23.6 Å². The highest BCUT2D eigenvalue weighted by Crippen LogP contribution is 2.39. The molecule has 1 aliphatic heterocycles. The van der Waals surface area contributed by atoms with Crippen LogP contribution in [0.4, 0.5) is 28.0 Å². The standard InChI is InChI=1S/C30H29F4N5O4/c31-22-11-10-20(24(12-9-18-7-8-18)38-13-2-1-6-27(38)40)15-23(22)36-28(41)25-16-26(30(32,33)34)37-39(25)21-5-3-4-19(14-21)17-35-29(42)43/h2-5,10-11,13-16,18,24,35H,1,6-9,12,17H2,(H,36,41)(H,42,43). The first-order valence-corrected chi connectivity index (χ1v) is 13.8. The largest absolute Gasteiger partial charge is 0.465 e. The number of allylic oxidation sites excluding steroid dienone is 1. The summed E-state index contributed by atoms with van der Waals surface area (Å²) in [4.78, 5) is 38.6. The molecule has 3 N–H and O–H groups in total. The second-order valence-corrected chi connectivity index (χ2v) is 10.6. The van der Waals surface area contributed by atoms with Gasteiger partial charge in [-0.1, -0.05) is 37.1 Å². The number of aromatic nitrogens is 2. The average molecular weight is 600 g/mol. The summed E-state index contributed by atoms with van der Waals surface area (Å²) in [6, 6.07) is 10.1. The molecule has 1 aromatic heterocycles. The highest BCUT2D eigenvalue weighted by atomic mass is 19.4. The van der Waals surface area contributed by atoms with Crippen molar-refractivity contribution in [3.63, 3.8) is 0 Å². The highest BCUT2D eigenvalue weighted by molar-refractivity contribution is 6.03. The maximum atomic E-state index is 15.0. The third-order valence-electron chi connectivity index (χ3n) is 7.41. The Morgan fingerprint density at radius 1 is 1.12 bits per heavy atom. The van der Waals surface area contributed by atoms with E-state index < -0.39 is 41.4 Å². The summed E-state index contributed by atoms with van der Waals surface area (Å²) in [6.07, 6.45) is 2.17. The van der Waals surface area contributed by atoms with Crippen molar-refractivity contribution in [1.82, 2.24) is 20.0 Å². The number of carbonyl (C=O) groups excluding carboxylic acids is 2. The van der Waals surface area contributed by atoms with E-state index in [4.69, 9.17) is 5.11 Å². The van der Waals surface area contributed by atoms with Crippen LogP contribution in [0.2, 0.25) is 0 Å². The Labute approximate surface area is 244 Å². The molecule has 2 heterocycles. The summed E-state index contributed by atoms with van der Waals surface area (Å²) < 4.78 is 56.7. The molecular formula is C30H29F4N5O4. The van der Waals surface area contributed by atoms with Gasteiger partial charge in [-0.05, 0) is 60.6 Å². The molecule has 1 atom stereocenters. The van der Waals surface area contributed by atoms with Crippen LogP contribution in [-0.4, -0.2) is 37.7 Å². The van der Waals surface area contributed by atoms with E-state index in [1.54, 1.807) is 23.2 Å². The minimum absolute atomic E-state index is 0.0649. The van der Waals surface area contributed by atoms with E-state index in [1.807, 2.05) is 6.08 Å². The first-order chi connectivity index (χ1) is 20.5. The van der Waals surface area contributed by atoms with Gasteiger partial charge in [0.15, 0.2) is 5.69 Å². The molecule has 0 saturated heterocycles. The summed E-state index contributed by atoms with van der Waals surface area (Å²) in [5.74, 6) is -1.34. The Morgan fingerprint density at radius 3 is 2.60 bits per heavy atom. The fraction of sp³-hybridized carbons (Fsp3) is 0.333. The maximum absolute atomic E-state index is 15.0. The summed E-state index contributed by atoms with van der Waals surface area (Å²) in [5, 5.41) is 17.0. The first-order valence-electron chi connectivity index (χ1n) is 13.8. The van der Waals surface area contributed by atoms with Crippen LogP contribution < -0.4 is 10.6 Å². The zero-order chi connectivity index (χ0) is 30.7. The Balaban J connectivity index is 1.46. The monoisotopic (exact) mass is 599 g/mol. The van der Waals surface area contributed by atoms with Crippen LogP contribution in [-0.2, 0) is 17.5 Å². The number of carboxylic acid groups (broad SMARTS) is 1. The van der Waals surface area contributed by atoms with Crippen molar-refractivity contribution in [3.8, 4) is 5.69 Å². The molecule has 2 aliphatic rings. The van der Waals surface area contributed by atoms with Crippen LogP contribution in [0.15, 0.2) is 60.8 Å². The number of hydrogen-bond donors (Lipinski definition) is 3. The summed E-state index contributed by atoms with van der Waals surface area (Å²) in [7, 11) is 0. The lowest BCUT2D eigenvalue weighted by Crippen LogP contribution is -2.32. The van der Waals surface area contributed by atoms with E-state index >= 15 is 4.39 Å². The number of rotatable bonds is 10. The van der Waals surface area contributed by atoms with Crippen LogP contribution in [0.5, 0.6) is 0 Å². The Kier molecular flexibility index (Phi) is 8.51. The number of nitrogens with one attached hydrogen (secondary N) is 2. The maximum Gasteiger partial charge on any atom is 0.435 e. The molecule has 13 heteroatoms. The van der Waals surface area contributed by atoms with E-state index in [-0.39, 0.29) is 23.8 Å². The van der Waals surface area contributed by atoms with E-state index in [0.29, 0.717) is 42.4 Å². The van der Waals surface area contributed by atoms with Crippen molar-refractivity contribution < 1.29 is 37.1 Å². The smallest absolute Gasteiger partial charge is 0.435 e. The minimum atomic E-state index is -4.88. The third kappa shape index (κ3) is 7.22. The Morgan fingerprint density at radius 2 is 1.91 bits per heavy atom. The van der Waals surface area contributed by atoms with Gasteiger partial charge in [-0.2, -0.15) is 18.3 Å². The van der Waals surface area contributed by atoms with Gasteiger partial charge < -0.3 is 20.6 Å². The van der Waals surface area contributed by atoms with Gasteiger partial charge in [0.05, 0.1) is 17.4 Å². The molecule has 3 amide bonds. The zero-order valence-electron chi connectivity index (χ0n) is 22.9. The lowest BCUT2D eigenvalue weighted by molar-refractivity contribution is -0.141. The van der Waals surface area contributed by atoms with Gasteiger partial charge in [-0.3, -0.25) is 9.59 Å². The van der Waals surface area contributed by atoms with E-state index in [1.165, 1.54) is 24.3 Å². The van der Waals surface area contributed by atoms with Crippen molar-refractivity contribution in [3.05, 3.63) is 89.1 Å². The van der Waals surface area contributed by atoms with E-state index in [0.717, 1.165) is 30.0 Å². The van der Waals surface area contributed by atoms with Gasteiger partial charge in [0.25, 0.3) is 5.91 Å². The lowest BCUT2D eigenvalue weighted by Gasteiger charge is -2.32. The SMILES string of the molecule is O=C(O)NCc1cccc(-n2nc(C(F)(F)F)cc2C(=O)Nc2cc(C(CCC3CC3)N3C=CCCC3=O)ccc2F)c1. The van der Waals surface area contributed by atoms with Gasteiger partial charge in [-0.15, -0.1) is 0 Å². The molecule has 0 bridgehead atoms. The topological polar surface area (TPSA) is 117 Å². The summed E-state index contributed by atoms with van der Waals surface area (Å²) >= 11 is 0. The van der Waals surface area contributed by atoms with Gasteiger partial charge in [0, 0.05) is 25.2 Å². The number of halogens is 4. The fourth-order valence-corrected chi connectivity index (χ4v) is 5.04. The average Bonchev–Trinajstić information content (AvgIpc) is 3.67. The lowest BCUT2D eigenvalue weighted by atomic mass is 9.97. The van der Waals surface area contributed by atoms with Crippen molar-refractivity contribution in [1.29, 1.82) is 0 Å². The molecule has 1 aliphatic carbocycles. The molecule has 1 unspecified atom stereocenters. The molecule has 9 nitrogen and oxygen atoms in total. The van der Waals surface area contributed by atoms with Crippen LogP contribution in [0.1, 0.15) is 71.9 Å². The van der Waals surface area contributed by atoms with E-state index in [2.05, 4.69) is 15.7 Å². The van der Waals surface area contributed by atoms with Gasteiger partial charge in [0.1, 0.15) is 11.5 Å². The van der Waals surface area contributed by atoms with Crippen molar-refractivity contribution in [2.45, 2.75) is 57.3 Å². The van der Waals surface area contributed by atoms with Crippen molar-refractivity contribution in [2.75, 3.05) is 5.32 Å². The van der Waals surface area contributed by atoms with Crippen molar-refractivity contribution in [2.24, 2.45) is 5.92 Å². The highest BCUT2D eigenvalue weighted by Gasteiger charge is 2.36. The molecule has 43 heavy (non-hydrogen) atoms. The normalized spacial score (nSPS) is 15.8. The molecule has 3 aromatic rings. The Bertz CT molecular complexity index is 1560. The fourth-order valence-electron chi connectivity index (χ4n) is 5.04. The molecule has 1 fully saturated rings. The molecule has 226 valence electrons. The number of benzene rings is 2. The number of alkyl halides is 3. The number of anilines is 1. The minimum Gasteiger partial charge on any atom is -0.465 e. The quantitative estimate of drug-likeness (QED) is 0.233. The molecule has 0 radical (unpaired) electrons. The van der Waals surface area contributed by atoms with Crippen LogP contribution in [0, 0.1) is 11.7 Å². The molecule has 0 spiro atoms. The van der Waals surface area contributed by atoms with Crippen LogP contribution in [0.3, 0.4) is 0 Å². The predicted molar refractivity (Wildman–Crippen MR) is 148 cm³/mol. The first kappa shape index (κ1) is 29.8. The molecule has 1 saturated carbocycles. The Hall–Kier alpha value is -4.68. The summed E-state index contributed by atoms with van der Waals surface area (Å²) in [5.41, 5.74) is -1.05. The number of amides is 3. The van der Waals surface area contributed by atoms with Gasteiger partial charge in [0.2, 0.25) is 5.91 Å². The van der Waals surface area contributed by atoms with Gasteiger partial charge >= 0.3 is 12.3 Å². The van der Waals surface area contributed by atoms with Crippen LogP contribution in [0.25, 0.3) is 5.69 Å². The second kappa shape index (κ2) is 12.3. The predicted octanol–water partition coefficient (Wildman–Crippen LogP) is 6.42. The zero-order valence-corrected chi connectivity index (χ0v) is 22.9. The number of nitrogens with zero attached hydrogens (tertiary/aromatic N) is 3. The summed E-state index contributed by atoms with van der Waals surface area (Å²) in [6.45, 7) is -0.132. The third-order valence-corrected chi connectivity index (χ3v) is 7.41. The molecular weight excluding hydrogens is 570 g/mol. The molecule has 2 aromatic carbocycles. The van der Waals surface area contributed by atoms with E-state index in [9.17, 15) is 27.6 Å². The number of carbonyl (C=O) groups is 3. The van der Waals surface area contributed by atoms with Gasteiger partial charge in [-0.25, -0.2) is 13.9 Å².